The summed E-state index contributed by atoms with van der Waals surface area (Å²) in [6.07, 6.45) is 4.73. The normalized spacial score (nSPS) is 23.8. The average Bonchev–Trinajstić information content (AvgIpc) is 2.38. The minimum atomic E-state index is 0.671. The van der Waals surface area contributed by atoms with Gasteiger partial charge in [-0.25, -0.2) is 0 Å². The van der Waals surface area contributed by atoms with Gasteiger partial charge in [-0.2, -0.15) is 0 Å². The zero-order valence-corrected chi connectivity index (χ0v) is 12.1. The van der Waals surface area contributed by atoms with Crippen molar-refractivity contribution >= 4 is 28.3 Å². The van der Waals surface area contributed by atoms with Crippen molar-refractivity contribution in [3.05, 3.63) is 29.5 Å². The molecule has 1 saturated heterocycles. The van der Waals surface area contributed by atoms with Gasteiger partial charge >= 0.3 is 0 Å². The molecule has 0 aliphatic carbocycles. The quantitative estimate of drug-likeness (QED) is 0.793. The summed E-state index contributed by atoms with van der Waals surface area (Å²) >= 11 is 6.20. The summed E-state index contributed by atoms with van der Waals surface area (Å²) in [6.45, 7) is 6.79. The van der Waals surface area contributed by atoms with Crippen molar-refractivity contribution < 1.29 is 0 Å². The van der Waals surface area contributed by atoms with E-state index in [-0.39, 0.29) is 0 Å². The number of benzene rings is 1. The smallest absolute Gasteiger partial charge is 0.113 e. The molecule has 2 aromatic rings. The number of fused-ring (bicyclic) bond motifs is 1. The second-order valence-electron chi connectivity index (χ2n) is 5.67. The van der Waals surface area contributed by atoms with E-state index in [0.717, 1.165) is 29.8 Å². The molecule has 1 aliphatic heterocycles. The molecule has 1 aliphatic rings. The van der Waals surface area contributed by atoms with Crippen LogP contribution in [0.15, 0.2) is 24.5 Å². The van der Waals surface area contributed by atoms with Gasteiger partial charge in [-0.3, -0.25) is 9.97 Å². The molecule has 1 aromatic carbocycles. The molecule has 0 radical (unpaired) electrons. The number of piperidine rings is 1. The van der Waals surface area contributed by atoms with Gasteiger partial charge in [0.1, 0.15) is 11.0 Å². The number of halogens is 1. The Morgan fingerprint density at radius 3 is 2.37 bits per heavy atom. The first-order valence-electron chi connectivity index (χ1n) is 6.79. The summed E-state index contributed by atoms with van der Waals surface area (Å²) < 4.78 is 0. The molecule has 4 heteroatoms. The first kappa shape index (κ1) is 12.7. The number of rotatable bonds is 1. The Kier molecular flexibility index (Phi) is 3.31. The highest BCUT2D eigenvalue weighted by atomic mass is 35.5. The molecule has 1 fully saturated rings. The lowest BCUT2D eigenvalue weighted by Crippen LogP contribution is -2.38. The topological polar surface area (TPSA) is 29.0 Å². The van der Waals surface area contributed by atoms with E-state index in [4.69, 9.17) is 11.6 Å². The van der Waals surface area contributed by atoms with Crippen LogP contribution in [-0.2, 0) is 0 Å². The Hall–Kier alpha value is -1.35. The number of hydrogen-bond acceptors (Lipinski definition) is 3. The zero-order chi connectivity index (χ0) is 13.4. The molecule has 1 aromatic heterocycles. The third kappa shape index (κ3) is 2.39. The largest absolute Gasteiger partial charge is 0.369 e. The Bertz CT molecular complexity index is 589. The van der Waals surface area contributed by atoms with Crippen LogP contribution in [0.4, 0.5) is 5.69 Å². The van der Waals surface area contributed by atoms with Crippen LogP contribution < -0.4 is 4.90 Å². The number of anilines is 1. The molecule has 19 heavy (non-hydrogen) atoms. The van der Waals surface area contributed by atoms with Crippen molar-refractivity contribution in [3.63, 3.8) is 0 Å². The van der Waals surface area contributed by atoms with Gasteiger partial charge in [-0.15, -0.1) is 0 Å². The highest BCUT2D eigenvalue weighted by Gasteiger charge is 2.23. The van der Waals surface area contributed by atoms with Crippen LogP contribution in [0.25, 0.3) is 11.0 Å². The summed E-state index contributed by atoms with van der Waals surface area (Å²) in [5.74, 6) is 1.43. The molecule has 100 valence electrons. The monoisotopic (exact) mass is 275 g/mol. The fraction of sp³-hybridized carbons (Fsp3) is 0.467. The van der Waals surface area contributed by atoms with Gasteiger partial charge in [0.25, 0.3) is 0 Å². The second-order valence-corrected chi connectivity index (χ2v) is 6.08. The maximum atomic E-state index is 6.20. The minimum Gasteiger partial charge on any atom is -0.369 e. The van der Waals surface area contributed by atoms with Gasteiger partial charge in [-0.1, -0.05) is 25.4 Å². The highest BCUT2D eigenvalue weighted by Crippen LogP contribution is 2.32. The van der Waals surface area contributed by atoms with E-state index in [2.05, 4.69) is 34.8 Å². The minimum absolute atomic E-state index is 0.671. The van der Waals surface area contributed by atoms with Crippen LogP contribution >= 0.6 is 11.6 Å². The Morgan fingerprint density at radius 1 is 1.05 bits per heavy atom. The average molecular weight is 276 g/mol. The number of hydrogen-bond donors (Lipinski definition) is 0. The number of nitrogens with zero attached hydrogens (tertiary/aromatic N) is 3. The van der Waals surface area contributed by atoms with Gasteiger partial charge in [-0.05, 0) is 30.4 Å². The summed E-state index contributed by atoms with van der Waals surface area (Å²) in [4.78, 5) is 11.3. The Balaban J connectivity index is 2.07. The molecule has 0 spiro atoms. The van der Waals surface area contributed by atoms with Crippen molar-refractivity contribution in [3.8, 4) is 0 Å². The number of aromatic nitrogens is 2. The predicted molar refractivity (Wildman–Crippen MR) is 79.7 cm³/mol. The molecule has 3 nitrogen and oxygen atoms in total. The fourth-order valence-corrected chi connectivity index (χ4v) is 3.33. The van der Waals surface area contributed by atoms with Crippen molar-refractivity contribution in [2.24, 2.45) is 11.8 Å². The van der Waals surface area contributed by atoms with Crippen molar-refractivity contribution in [1.82, 2.24) is 9.97 Å². The van der Waals surface area contributed by atoms with Crippen LogP contribution in [0.5, 0.6) is 0 Å². The molecule has 3 rings (SSSR count). The fourth-order valence-electron chi connectivity index (χ4n) is 3.13. The standard InChI is InChI=1S/C15H18ClN3/c1-10-7-11(2)9-19(8-10)13-4-3-12(16)14-15(13)18-6-5-17-14/h3-6,10-11H,7-9H2,1-2H3/t10-,11+. The summed E-state index contributed by atoms with van der Waals surface area (Å²) in [5.41, 5.74) is 2.87. The second kappa shape index (κ2) is 4.97. The van der Waals surface area contributed by atoms with E-state index in [1.807, 2.05) is 6.07 Å². The van der Waals surface area contributed by atoms with Crippen LogP contribution in [0.1, 0.15) is 20.3 Å². The molecular weight excluding hydrogens is 258 g/mol. The van der Waals surface area contributed by atoms with E-state index < -0.39 is 0 Å². The van der Waals surface area contributed by atoms with Gasteiger partial charge in [0.05, 0.1) is 10.7 Å². The van der Waals surface area contributed by atoms with Crippen LogP contribution in [0.3, 0.4) is 0 Å². The maximum Gasteiger partial charge on any atom is 0.113 e. The van der Waals surface area contributed by atoms with Crippen molar-refractivity contribution in [2.45, 2.75) is 20.3 Å². The predicted octanol–water partition coefficient (Wildman–Crippen LogP) is 3.77. The molecule has 0 unspecified atom stereocenters. The van der Waals surface area contributed by atoms with Gasteiger partial charge in [0.2, 0.25) is 0 Å². The van der Waals surface area contributed by atoms with E-state index in [0.29, 0.717) is 16.9 Å². The van der Waals surface area contributed by atoms with Crippen molar-refractivity contribution in [1.29, 1.82) is 0 Å². The van der Waals surface area contributed by atoms with E-state index in [9.17, 15) is 0 Å². The first-order chi connectivity index (χ1) is 9.15. The van der Waals surface area contributed by atoms with Gasteiger partial charge < -0.3 is 4.90 Å². The lowest BCUT2D eigenvalue weighted by molar-refractivity contribution is 0.357. The molecule has 0 bridgehead atoms. The molecule has 0 amide bonds. The van der Waals surface area contributed by atoms with Crippen molar-refractivity contribution in [2.75, 3.05) is 18.0 Å². The molecule has 0 saturated carbocycles. The first-order valence-corrected chi connectivity index (χ1v) is 7.17. The third-order valence-electron chi connectivity index (χ3n) is 3.76. The Morgan fingerprint density at radius 2 is 1.68 bits per heavy atom. The lowest BCUT2D eigenvalue weighted by atomic mass is 9.91. The highest BCUT2D eigenvalue weighted by molar-refractivity contribution is 6.35. The molecule has 0 N–H and O–H groups in total. The summed E-state index contributed by atoms with van der Waals surface area (Å²) in [5, 5.41) is 0.671. The summed E-state index contributed by atoms with van der Waals surface area (Å²) in [7, 11) is 0. The van der Waals surface area contributed by atoms with E-state index >= 15 is 0 Å². The van der Waals surface area contributed by atoms with Gasteiger partial charge in [0, 0.05) is 25.5 Å². The Labute approximate surface area is 118 Å². The van der Waals surface area contributed by atoms with Gasteiger partial charge in [0.15, 0.2) is 0 Å². The maximum absolute atomic E-state index is 6.20. The molecular formula is C15H18ClN3. The lowest BCUT2D eigenvalue weighted by Gasteiger charge is -2.36. The molecule has 2 atom stereocenters. The van der Waals surface area contributed by atoms with E-state index in [1.165, 1.54) is 6.42 Å². The van der Waals surface area contributed by atoms with E-state index in [1.54, 1.807) is 12.4 Å². The third-order valence-corrected chi connectivity index (χ3v) is 4.07. The summed E-state index contributed by atoms with van der Waals surface area (Å²) in [6, 6.07) is 4.00. The molecule has 2 heterocycles. The zero-order valence-electron chi connectivity index (χ0n) is 11.3. The van der Waals surface area contributed by atoms with Crippen LogP contribution in [0.2, 0.25) is 5.02 Å². The van der Waals surface area contributed by atoms with Crippen LogP contribution in [0, 0.1) is 11.8 Å². The van der Waals surface area contributed by atoms with Crippen LogP contribution in [-0.4, -0.2) is 23.1 Å². The SMILES string of the molecule is C[C@@H]1C[C@H](C)CN(c2ccc(Cl)c3nccnc23)C1.